The number of ether oxygens (including phenoxy) is 4. The van der Waals surface area contributed by atoms with E-state index in [-0.39, 0.29) is 35.7 Å². The number of aromatic amines is 2. The van der Waals surface area contributed by atoms with Crippen molar-refractivity contribution in [3.63, 3.8) is 0 Å². The van der Waals surface area contributed by atoms with E-state index in [2.05, 4.69) is 30.6 Å². The number of aromatic nitrogens is 4. The zero-order valence-corrected chi connectivity index (χ0v) is 32.4. The number of methoxy groups -OCH3 is 2. The lowest BCUT2D eigenvalue weighted by Gasteiger charge is -2.30. The van der Waals surface area contributed by atoms with Crippen LogP contribution in [-0.4, -0.2) is 93.1 Å². The maximum Gasteiger partial charge on any atom is 0.407 e. The number of nitrogens with one attached hydrogen (secondary N) is 4. The van der Waals surface area contributed by atoms with Crippen LogP contribution in [0, 0.1) is 11.8 Å². The van der Waals surface area contributed by atoms with Gasteiger partial charge in [0.15, 0.2) is 23.0 Å². The fourth-order valence-electron chi connectivity index (χ4n) is 7.61. The number of hydrogen-bond donors (Lipinski definition) is 4. The first kappa shape index (κ1) is 38.2. The molecule has 2 aromatic heterocycles. The molecule has 0 radical (unpaired) electrons. The van der Waals surface area contributed by atoms with E-state index >= 15 is 0 Å². The van der Waals surface area contributed by atoms with Crippen molar-refractivity contribution >= 4 is 24.0 Å². The highest BCUT2D eigenvalue weighted by atomic mass is 16.6. The number of rotatable bonds is 10. The largest absolute Gasteiger partial charge is 0.453 e. The maximum absolute atomic E-state index is 13.6. The van der Waals surface area contributed by atoms with Crippen LogP contribution in [0.25, 0.3) is 22.5 Å². The third-order valence-corrected chi connectivity index (χ3v) is 10.6. The second-order valence-corrected chi connectivity index (χ2v) is 15.0. The Morgan fingerprint density at radius 2 is 1.09 bits per heavy atom. The van der Waals surface area contributed by atoms with Crippen molar-refractivity contribution in [3.8, 4) is 45.5 Å². The average molecular weight is 769 g/mol. The van der Waals surface area contributed by atoms with Crippen LogP contribution < -0.4 is 20.1 Å². The number of benzene rings is 2. The molecule has 5 heterocycles. The molecule has 4 atom stereocenters. The maximum atomic E-state index is 13.6. The smallest absolute Gasteiger partial charge is 0.407 e. The molecular formula is C40H48N8O8. The summed E-state index contributed by atoms with van der Waals surface area (Å²) in [5.74, 6) is 2.91. The van der Waals surface area contributed by atoms with Crippen LogP contribution in [0.2, 0.25) is 0 Å². The standard InChI is InChI=1S/C40H48N8O8/c1-21(2)33(45-39(51)53-5)37(49)47-15-7-9-27(47)35-41-19-25(43-35)23-11-13-29-31(17-23)56-32-18-24(12-14-30(32)55-29)26-20-42-36(44-26)28-10-8-16-48(28)38(50)34(22(3)4)46-40(52)54-6/h11-14,17-22,27-28,33-34H,7-10,15-16H2,1-6H3,(H,41,43)(H,42,44)(H,45,51)(H,46,52)/t27-,28+,33+,34-. The zero-order valence-electron chi connectivity index (χ0n) is 32.4. The minimum Gasteiger partial charge on any atom is -0.453 e. The van der Waals surface area contributed by atoms with Gasteiger partial charge in [-0.05, 0) is 73.9 Å². The van der Waals surface area contributed by atoms with E-state index in [1.54, 1.807) is 22.2 Å². The molecule has 296 valence electrons. The van der Waals surface area contributed by atoms with Gasteiger partial charge in [-0.25, -0.2) is 19.6 Å². The van der Waals surface area contributed by atoms with Gasteiger partial charge in [0.1, 0.15) is 23.7 Å². The van der Waals surface area contributed by atoms with E-state index in [9.17, 15) is 19.2 Å². The van der Waals surface area contributed by atoms with Crippen molar-refractivity contribution in [2.75, 3.05) is 27.3 Å². The van der Waals surface area contributed by atoms with Crippen LogP contribution in [0.1, 0.15) is 77.1 Å². The summed E-state index contributed by atoms with van der Waals surface area (Å²) in [6.45, 7) is 8.66. The van der Waals surface area contributed by atoms with Gasteiger partial charge in [0.2, 0.25) is 11.8 Å². The molecule has 3 aliphatic heterocycles. The Labute approximate surface area is 324 Å². The molecule has 0 saturated carbocycles. The molecule has 3 aliphatic rings. The summed E-state index contributed by atoms with van der Waals surface area (Å²) in [7, 11) is 2.56. The van der Waals surface area contributed by atoms with Crippen LogP contribution in [0.3, 0.4) is 0 Å². The van der Waals surface area contributed by atoms with Gasteiger partial charge in [-0.1, -0.05) is 27.7 Å². The van der Waals surface area contributed by atoms with Gasteiger partial charge in [0, 0.05) is 24.2 Å². The number of hydrogen-bond acceptors (Lipinski definition) is 10. The molecular weight excluding hydrogens is 720 g/mol. The molecule has 4 N–H and O–H groups in total. The van der Waals surface area contributed by atoms with Gasteiger partial charge in [0.05, 0.1) is 50.1 Å². The highest BCUT2D eigenvalue weighted by molar-refractivity contribution is 5.87. The van der Waals surface area contributed by atoms with Crippen LogP contribution in [0.5, 0.6) is 23.0 Å². The summed E-state index contributed by atoms with van der Waals surface area (Å²) >= 11 is 0. The molecule has 4 amide bonds. The van der Waals surface area contributed by atoms with Crippen molar-refractivity contribution in [2.24, 2.45) is 11.8 Å². The molecule has 0 spiro atoms. The summed E-state index contributed by atoms with van der Waals surface area (Å²) in [4.78, 5) is 70.9. The quantitative estimate of drug-likeness (QED) is 0.123. The Bertz CT molecular complexity index is 1960. The van der Waals surface area contributed by atoms with Gasteiger partial charge in [-0.15, -0.1) is 0 Å². The Morgan fingerprint density at radius 1 is 0.679 bits per heavy atom. The SMILES string of the molecule is COC(=O)N[C@H](C(=O)N1CCC[C@@H]1c1ncc(-c2ccc3c(c2)Oc2cc(-c4cnc([C@@H]5CCCN5C(=O)[C@H](NC(=O)OC)C(C)C)[nH]4)ccc2O3)[nH]1)C(C)C. The van der Waals surface area contributed by atoms with Crippen molar-refractivity contribution in [1.82, 2.24) is 40.4 Å². The van der Waals surface area contributed by atoms with Crippen molar-refractivity contribution < 1.29 is 38.1 Å². The molecule has 2 aromatic carbocycles. The van der Waals surface area contributed by atoms with Crippen molar-refractivity contribution in [2.45, 2.75) is 77.5 Å². The Hall–Kier alpha value is -6.06. The Kier molecular flexibility index (Phi) is 10.9. The monoisotopic (exact) mass is 768 g/mol. The Morgan fingerprint density at radius 3 is 1.48 bits per heavy atom. The van der Waals surface area contributed by atoms with Crippen molar-refractivity contribution in [3.05, 3.63) is 60.4 Å². The van der Waals surface area contributed by atoms with E-state index in [1.165, 1.54) is 14.2 Å². The fourth-order valence-corrected chi connectivity index (χ4v) is 7.61. The van der Waals surface area contributed by atoms with Gasteiger partial charge in [0.25, 0.3) is 0 Å². The normalized spacial score (nSPS) is 18.4. The Balaban J connectivity index is 1.05. The number of fused-ring (bicyclic) bond motifs is 2. The van der Waals surface area contributed by atoms with E-state index in [0.717, 1.165) is 48.2 Å². The molecule has 2 saturated heterocycles. The predicted molar refractivity (Wildman–Crippen MR) is 204 cm³/mol. The first-order valence-corrected chi connectivity index (χ1v) is 19.0. The van der Waals surface area contributed by atoms with Gasteiger partial charge >= 0.3 is 12.2 Å². The molecule has 7 rings (SSSR count). The highest BCUT2D eigenvalue weighted by Gasteiger charge is 2.39. The van der Waals surface area contributed by atoms with Gasteiger partial charge < -0.3 is 49.3 Å². The minimum absolute atomic E-state index is 0.132. The number of likely N-dealkylation sites (tertiary alicyclic amines) is 2. The molecule has 0 aliphatic carbocycles. The topological polar surface area (TPSA) is 193 Å². The molecule has 0 bridgehead atoms. The van der Waals surface area contributed by atoms with E-state index in [4.69, 9.17) is 18.9 Å². The number of imidazole rings is 2. The molecule has 0 unspecified atom stereocenters. The molecule has 16 heteroatoms. The fraction of sp³-hybridized carbons (Fsp3) is 0.450. The molecule has 56 heavy (non-hydrogen) atoms. The van der Waals surface area contributed by atoms with Gasteiger partial charge in [-0.3, -0.25) is 9.59 Å². The predicted octanol–water partition coefficient (Wildman–Crippen LogP) is 6.45. The summed E-state index contributed by atoms with van der Waals surface area (Å²) in [5.41, 5.74) is 3.15. The molecule has 4 aromatic rings. The third kappa shape index (κ3) is 7.59. The first-order chi connectivity index (χ1) is 26.9. The van der Waals surface area contributed by atoms with Gasteiger partial charge in [-0.2, -0.15) is 0 Å². The van der Waals surface area contributed by atoms with E-state index in [0.29, 0.717) is 47.7 Å². The lowest BCUT2D eigenvalue weighted by atomic mass is 10.0. The van der Waals surface area contributed by atoms with E-state index < -0.39 is 24.3 Å². The van der Waals surface area contributed by atoms with Crippen molar-refractivity contribution in [1.29, 1.82) is 0 Å². The zero-order chi connectivity index (χ0) is 39.7. The molecule has 2 fully saturated rings. The highest BCUT2D eigenvalue weighted by Crippen LogP contribution is 2.48. The number of carbonyl (C=O) groups excluding carboxylic acids is 4. The summed E-state index contributed by atoms with van der Waals surface area (Å²) in [6, 6.07) is 9.33. The van der Waals surface area contributed by atoms with Crippen LogP contribution >= 0.6 is 0 Å². The lowest BCUT2D eigenvalue weighted by molar-refractivity contribution is -0.136. The van der Waals surface area contributed by atoms with Crippen LogP contribution in [0.4, 0.5) is 9.59 Å². The number of nitrogens with zero attached hydrogens (tertiary/aromatic N) is 4. The number of alkyl carbamates (subject to hydrolysis) is 2. The summed E-state index contributed by atoms with van der Waals surface area (Å²) in [6.07, 6.45) is 5.31. The number of amides is 4. The number of H-pyrrole nitrogens is 2. The number of carbonyl (C=O) groups is 4. The lowest BCUT2D eigenvalue weighted by Crippen LogP contribution is -2.51. The third-order valence-electron chi connectivity index (χ3n) is 10.6. The molecule has 16 nitrogen and oxygen atoms in total. The average Bonchev–Trinajstić information content (AvgIpc) is 4.03. The minimum atomic E-state index is -0.719. The van der Waals surface area contributed by atoms with E-state index in [1.807, 2.05) is 64.1 Å². The first-order valence-electron chi connectivity index (χ1n) is 19.0. The second-order valence-electron chi connectivity index (χ2n) is 15.0. The summed E-state index contributed by atoms with van der Waals surface area (Å²) < 4.78 is 22.1. The van der Waals surface area contributed by atoms with Crippen LogP contribution in [0.15, 0.2) is 48.8 Å². The van der Waals surface area contributed by atoms with Crippen LogP contribution in [-0.2, 0) is 19.1 Å². The second kappa shape index (κ2) is 16.0. The summed E-state index contributed by atoms with van der Waals surface area (Å²) in [5, 5.41) is 5.37.